The van der Waals surface area contributed by atoms with Gasteiger partial charge in [-0.15, -0.1) is 0 Å². The fourth-order valence-electron chi connectivity index (χ4n) is 5.55. The maximum absolute atomic E-state index is 12.5. The van der Waals surface area contributed by atoms with Crippen molar-refractivity contribution in [3.63, 3.8) is 0 Å². The number of ether oxygens (including phenoxy) is 1. The van der Waals surface area contributed by atoms with E-state index < -0.39 is 0 Å². The van der Waals surface area contributed by atoms with Crippen LogP contribution in [0.4, 0.5) is 10.5 Å². The van der Waals surface area contributed by atoms with Crippen molar-refractivity contribution < 1.29 is 9.53 Å². The molecule has 3 rings (SSSR count). The van der Waals surface area contributed by atoms with Crippen molar-refractivity contribution in [3.05, 3.63) is 30.3 Å². The summed E-state index contributed by atoms with van der Waals surface area (Å²) in [6.45, 7) is 12.4. The summed E-state index contributed by atoms with van der Waals surface area (Å²) >= 11 is 0. The van der Waals surface area contributed by atoms with E-state index in [1.54, 1.807) is 0 Å². The van der Waals surface area contributed by atoms with E-state index in [0.29, 0.717) is 30.8 Å². The van der Waals surface area contributed by atoms with Crippen molar-refractivity contribution in [1.82, 2.24) is 9.80 Å². The van der Waals surface area contributed by atoms with Gasteiger partial charge >= 0.3 is 6.09 Å². The maximum Gasteiger partial charge on any atom is 0.410 e. The van der Waals surface area contributed by atoms with Crippen LogP contribution in [0.5, 0.6) is 0 Å². The highest BCUT2D eigenvalue weighted by atomic mass is 16.6. The molecule has 0 spiro atoms. The summed E-state index contributed by atoms with van der Waals surface area (Å²) in [5.41, 5.74) is 1.34. The Bertz CT molecular complexity index is 645. The smallest absolute Gasteiger partial charge is 0.410 e. The fourth-order valence-corrected chi connectivity index (χ4v) is 5.55. The molecule has 3 atom stereocenters. The van der Waals surface area contributed by atoms with Gasteiger partial charge in [0.05, 0.1) is 6.61 Å². The number of amides is 1. The Balaban J connectivity index is 1.57. The molecule has 0 saturated carbocycles. The number of para-hydroxylation sites is 1. The molecule has 0 radical (unpaired) electrons. The molecule has 2 aliphatic heterocycles. The summed E-state index contributed by atoms with van der Waals surface area (Å²) in [6, 6.07) is 12.6. The number of rotatable bonds is 8. The molecule has 168 valence electrons. The molecule has 0 aliphatic carbocycles. The Morgan fingerprint density at radius 2 is 1.80 bits per heavy atom. The van der Waals surface area contributed by atoms with Gasteiger partial charge in [0.1, 0.15) is 0 Å². The summed E-state index contributed by atoms with van der Waals surface area (Å²) in [7, 11) is 0. The molecule has 3 unspecified atom stereocenters. The number of hydrogen-bond donors (Lipinski definition) is 0. The highest BCUT2D eigenvalue weighted by molar-refractivity contribution is 5.68. The highest BCUT2D eigenvalue weighted by Gasteiger charge is 2.38. The van der Waals surface area contributed by atoms with Crippen molar-refractivity contribution in [2.45, 2.75) is 90.4 Å². The van der Waals surface area contributed by atoms with Crippen LogP contribution in [-0.2, 0) is 4.74 Å². The largest absolute Gasteiger partial charge is 0.450 e. The highest BCUT2D eigenvalue weighted by Crippen LogP contribution is 2.31. The van der Waals surface area contributed by atoms with Gasteiger partial charge in [-0.1, -0.05) is 25.1 Å². The number of piperidine rings is 1. The van der Waals surface area contributed by atoms with E-state index in [0.717, 1.165) is 45.3 Å². The lowest BCUT2D eigenvalue weighted by atomic mass is 9.96. The first-order valence-corrected chi connectivity index (χ1v) is 12.1. The molecule has 5 nitrogen and oxygen atoms in total. The molecule has 5 heteroatoms. The zero-order chi connectivity index (χ0) is 21.5. The number of hydrogen-bond acceptors (Lipinski definition) is 4. The SMILES string of the molecule is CCOC(=O)N1C(C)CCC1CC(CC)N1CCC(N(CC)c2ccccc2)CC1. The van der Waals surface area contributed by atoms with E-state index >= 15 is 0 Å². The van der Waals surface area contributed by atoms with Gasteiger partial charge in [0.2, 0.25) is 0 Å². The fraction of sp³-hybridized carbons (Fsp3) is 0.720. The van der Waals surface area contributed by atoms with Gasteiger partial charge in [0.25, 0.3) is 0 Å². The Labute approximate surface area is 183 Å². The van der Waals surface area contributed by atoms with Crippen LogP contribution in [0.1, 0.15) is 66.2 Å². The molecule has 1 amide bonds. The van der Waals surface area contributed by atoms with Crippen molar-refractivity contribution in [3.8, 4) is 0 Å². The lowest BCUT2D eigenvalue weighted by molar-refractivity contribution is 0.0739. The molecular weight excluding hydrogens is 374 g/mol. The van der Waals surface area contributed by atoms with E-state index in [-0.39, 0.29) is 6.09 Å². The van der Waals surface area contributed by atoms with Crippen molar-refractivity contribution in [2.24, 2.45) is 0 Å². The van der Waals surface area contributed by atoms with Crippen molar-refractivity contribution >= 4 is 11.8 Å². The van der Waals surface area contributed by atoms with E-state index in [2.05, 4.69) is 60.9 Å². The van der Waals surface area contributed by atoms with Crippen LogP contribution >= 0.6 is 0 Å². The minimum Gasteiger partial charge on any atom is -0.450 e. The van der Waals surface area contributed by atoms with Crippen LogP contribution in [0.15, 0.2) is 30.3 Å². The first-order chi connectivity index (χ1) is 14.6. The Morgan fingerprint density at radius 3 is 2.40 bits per heavy atom. The molecular formula is C25H41N3O2. The average Bonchev–Trinajstić information content (AvgIpc) is 3.14. The van der Waals surface area contributed by atoms with Gasteiger partial charge in [-0.3, -0.25) is 0 Å². The Hall–Kier alpha value is -1.75. The molecule has 2 fully saturated rings. The third kappa shape index (κ3) is 5.29. The molecule has 2 saturated heterocycles. The maximum atomic E-state index is 12.5. The van der Waals surface area contributed by atoms with E-state index in [4.69, 9.17) is 4.74 Å². The van der Waals surface area contributed by atoms with E-state index in [9.17, 15) is 4.79 Å². The number of likely N-dealkylation sites (tertiary alicyclic amines) is 2. The molecule has 1 aromatic carbocycles. The normalized spacial score (nSPS) is 24.1. The topological polar surface area (TPSA) is 36.0 Å². The Kier molecular flexibility index (Phi) is 8.43. The lowest BCUT2D eigenvalue weighted by Crippen LogP contribution is -2.50. The summed E-state index contributed by atoms with van der Waals surface area (Å²) in [5.74, 6) is 0. The zero-order valence-corrected chi connectivity index (χ0v) is 19.4. The van der Waals surface area contributed by atoms with Crippen molar-refractivity contribution in [2.75, 3.05) is 31.1 Å². The molecule has 2 aliphatic rings. The third-order valence-electron chi connectivity index (χ3n) is 7.16. The van der Waals surface area contributed by atoms with Crippen LogP contribution in [0.3, 0.4) is 0 Å². The second-order valence-corrected chi connectivity index (χ2v) is 8.87. The number of carbonyl (C=O) groups is 1. The standard InChI is InChI=1S/C25H41N3O2/c1-5-21(19-24-14-13-20(4)28(24)25(29)30-7-3)26-17-15-23(16-18-26)27(6-2)22-11-9-8-10-12-22/h8-12,20-21,23-24H,5-7,13-19H2,1-4H3. The van der Waals surface area contributed by atoms with Crippen LogP contribution in [-0.4, -0.2) is 66.3 Å². The van der Waals surface area contributed by atoms with Crippen LogP contribution < -0.4 is 4.90 Å². The molecule has 0 N–H and O–H groups in total. The molecule has 0 aromatic heterocycles. The molecule has 2 heterocycles. The van der Waals surface area contributed by atoms with Crippen LogP contribution in [0.25, 0.3) is 0 Å². The summed E-state index contributed by atoms with van der Waals surface area (Å²) in [4.78, 5) is 19.8. The quantitative estimate of drug-likeness (QED) is 0.588. The van der Waals surface area contributed by atoms with Gasteiger partial charge < -0.3 is 19.4 Å². The third-order valence-corrected chi connectivity index (χ3v) is 7.16. The Morgan fingerprint density at radius 1 is 1.10 bits per heavy atom. The van der Waals surface area contributed by atoms with Crippen LogP contribution in [0, 0.1) is 0 Å². The molecule has 0 bridgehead atoms. The van der Waals surface area contributed by atoms with Gasteiger partial charge in [-0.25, -0.2) is 4.79 Å². The monoisotopic (exact) mass is 415 g/mol. The second-order valence-electron chi connectivity index (χ2n) is 8.87. The predicted molar refractivity (Wildman–Crippen MR) is 124 cm³/mol. The number of nitrogens with zero attached hydrogens (tertiary/aromatic N) is 3. The zero-order valence-electron chi connectivity index (χ0n) is 19.4. The average molecular weight is 416 g/mol. The summed E-state index contributed by atoms with van der Waals surface area (Å²) in [5, 5.41) is 0. The van der Waals surface area contributed by atoms with E-state index in [1.807, 2.05) is 11.8 Å². The van der Waals surface area contributed by atoms with Crippen LogP contribution in [0.2, 0.25) is 0 Å². The minimum atomic E-state index is -0.123. The number of anilines is 1. The van der Waals surface area contributed by atoms with E-state index in [1.165, 1.54) is 18.5 Å². The second kappa shape index (κ2) is 11.0. The first-order valence-electron chi connectivity index (χ1n) is 12.1. The number of benzene rings is 1. The van der Waals surface area contributed by atoms with Crippen molar-refractivity contribution in [1.29, 1.82) is 0 Å². The van der Waals surface area contributed by atoms with Gasteiger partial charge in [-0.05, 0) is 71.4 Å². The number of carbonyl (C=O) groups excluding carboxylic acids is 1. The summed E-state index contributed by atoms with van der Waals surface area (Å²) < 4.78 is 5.35. The predicted octanol–water partition coefficient (Wildman–Crippen LogP) is 5.16. The van der Waals surface area contributed by atoms with Gasteiger partial charge in [-0.2, -0.15) is 0 Å². The lowest BCUT2D eigenvalue weighted by Gasteiger charge is -2.43. The summed E-state index contributed by atoms with van der Waals surface area (Å²) in [6.07, 6.45) is 6.70. The minimum absolute atomic E-state index is 0.123. The van der Waals surface area contributed by atoms with Gasteiger partial charge in [0, 0.05) is 49.5 Å². The molecule has 1 aromatic rings. The molecule has 30 heavy (non-hydrogen) atoms. The van der Waals surface area contributed by atoms with Gasteiger partial charge in [0.15, 0.2) is 0 Å². The first kappa shape index (κ1) is 22.9.